The molecule has 0 bridgehead atoms. The fourth-order valence-electron chi connectivity index (χ4n) is 2.31. The van der Waals surface area contributed by atoms with E-state index < -0.39 is 5.79 Å². The minimum absolute atomic E-state index is 0.0405. The monoisotopic (exact) mass is 228 g/mol. The van der Waals surface area contributed by atoms with Gasteiger partial charge in [-0.3, -0.25) is 0 Å². The van der Waals surface area contributed by atoms with E-state index in [1.807, 2.05) is 26.8 Å². The standard InChI is InChI=1S/C13H24O3/c1-6-7-11-10(3)12(9(2)8-14)16-13(4,5)15-11/h6,9-12,14H,1,7-8H2,2-5H3/t9-,10-,11+,12+/m1/s1. The van der Waals surface area contributed by atoms with E-state index in [1.54, 1.807) is 0 Å². The molecule has 94 valence electrons. The van der Waals surface area contributed by atoms with Gasteiger partial charge in [0.25, 0.3) is 0 Å². The lowest BCUT2D eigenvalue weighted by Crippen LogP contribution is -2.52. The average Bonchev–Trinajstić information content (AvgIpc) is 2.22. The summed E-state index contributed by atoms with van der Waals surface area (Å²) >= 11 is 0. The summed E-state index contributed by atoms with van der Waals surface area (Å²) in [6.45, 7) is 11.9. The quantitative estimate of drug-likeness (QED) is 0.751. The van der Waals surface area contributed by atoms with Crippen molar-refractivity contribution in [3.8, 4) is 0 Å². The molecule has 0 aromatic heterocycles. The lowest BCUT2D eigenvalue weighted by Gasteiger charge is -2.46. The van der Waals surface area contributed by atoms with Crippen molar-refractivity contribution in [2.75, 3.05) is 6.61 Å². The highest BCUT2D eigenvalue weighted by atomic mass is 16.7. The van der Waals surface area contributed by atoms with Crippen LogP contribution in [-0.2, 0) is 9.47 Å². The fourth-order valence-corrected chi connectivity index (χ4v) is 2.31. The molecule has 0 unspecified atom stereocenters. The molecule has 16 heavy (non-hydrogen) atoms. The molecule has 0 radical (unpaired) electrons. The Labute approximate surface area is 98.4 Å². The predicted octanol–water partition coefficient (Wildman–Crippen LogP) is 2.35. The maximum Gasteiger partial charge on any atom is 0.163 e. The van der Waals surface area contributed by atoms with Crippen LogP contribution in [0, 0.1) is 11.8 Å². The number of rotatable bonds is 4. The summed E-state index contributed by atoms with van der Waals surface area (Å²) in [6, 6.07) is 0. The molecule has 1 saturated heterocycles. The molecule has 1 rings (SSSR count). The zero-order valence-electron chi connectivity index (χ0n) is 10.8. The Bertz CT molecular complexity index is 237. The summed E-state index contributed by atoms with van der Waals surface area (Å²) in [6.07, 6.45) is 2.87. The molecule has 1 fully saturated rings. The largest absolute Gasteiger partial charge is 0.396 e. The van der Waals surface area contributed by atoms with Gasteiger partial charge in [-0.25, -0.2) is 0 Å². The summed E-state index contributed by atoms with van der Waals surface area (Å²) in [5.74, 6) is -0.174. The van der Waals surface area contributed by atoms with E-state index in [-0.39, 0.29) is 30.7 Å². The average molecular weight is 228 g/mol. The van der Waals surface area contributed by atoms with Gasteiger partial charge in [-0.1, -0.05) is 19.9 Å². The zero-order chi connectivity index (χ0) is 12.3. The molecule has 1 heterocycles. The Balaban J connectivity index is 2.79. The van der Waals surface area contributed by atoms with Crippen molar-refractivity contribution < 1.29 is 14.6 Å². The van der Waals surface area contributed by atoms with Crippen LogP contribution in [0.3, 0.4) is 0 Å². The van der Waals surface area contributed by atoms with Gasteiger partial charge >= 0.3 is 0 Å². The van der Waals surface area contributed by atoms with E-state index in [4.69, 9.17) is 9.47 Å². The Morgan fingerprint density at radius 3 is 2.56 bits per heavy atom. The summed E-state index contributed by atoms with van der Waals surface area (Å²) in [5, 5.41) is 9.25. The SMILES string of the molecule is C=CC[C@@H]1OC(C)(C)O[C@@H]([C@H](C)CO)[C@@H]1C. The van der Waals surface area contributed by atoms with Gasteiger partial charge in [0.1, 0.15) is 0 Å². The highest BCUT2D eigenvalue weighted by Gasteiger charge is 2.42. The van der Waals surface area contributed by atoms with E-state index in [9.17, 15) is 5.11 Å². The molecule has 4 atom stereocenters. The van der Waals surface area contributed by atoms with Gasteiger partial charge in [0.05, 0.1) is 12.2 Å². The third kappa shape index (κ3) is 3.06. The minimum atomic E-state index is -0.575. The first-order chi connectivity index (χ1) is 7.41. The molecule has 0 amide bonds. The van der Waals surface area contributed by atoms with E-state index in [0.29, 0.717) is 0 Å². The Hall–Kier alpha value is -0.380. The van der Waals surface area contributed by atoms with Crippen molar-refractivity contribution in [2.45, 2.75) is 52.1 Å². The first-order valence-corrected chi connectivity index (χ1v) is 5.98. The Morgan fingerprint density at radius 1 is 1.44 bits per heavy atom. The molecule has 3 heteroatoms. The lowest BCUT2D eigenvalue weighted by atomic mass is 9.86. The van der Waals surface area contributed by atoms with Gasteiger partial charge < -0.3 is 14.6 Å². The summed E-state index contributed by atoms with van der Waals surface area (Å²) in [4.78, 5) is 0. The first kappa shape index (κ1) is 13.7. The highest BCUT2D eigenvalue weighted by molar-refractivity contribution is 4.88. The van der Waals surface area contributed by atoms with E-state index in [1.165, 1.54) is 0 Å². The minimum Gasteiger partial charge on any atom is -0.396 e. The van der Waals surface area contributed by atoms with Crippen molar-refractivity contribution >= 4 is 0 Å². The lowest BCUT2D eigenvalue weighted by molar-refractivity contribution is -0.327. The predicted molar refractivity (Wildman–Crippen MR) is 64.1 cm³/mol. The Kier molecular flexibility index (Phi) is 4.53. The van der Waals surface area contributed by atoms with E-state index in [0.717, 1.165) is 6.42 Å². The third-order valence-electron chi connectivity index (χ3n) is 3.21. The highest BCUT2D eigenvalue weighted by Crippen LogP contribution is 2.35. The summed E-state index contributed by atoms with van der Waals surface area (Å²) < 4.78 is 11.8. The van der Waals surface area contributed by atoms with E-state index >= 15 is 0 Å². The van der Waals surface area contributed by atoms with Crippen LogP contribution in [0.1, 0.15) is 34.1 Å². The second-order valence-corrected chi connectivity index (χ2v) is 5.18. The molecular weight excluding hydrogens is 204 g/mol. The molecule has 0 aromatic carbocycles. The summed E-state index contributed by atoms with van der Waals surface area (Å²) in [5.41, 5.74) is 0. The molecule has 0 aliphatic carbocycles. The van der Waals surface area contributed by atoms with Crippen molar-refractivity contribution in [3.63, 3.8) is 0 Å². The van der Waals surface area contributed by atoms with Crippen molar-refractivity contribution in [2.24, 2.45) is 11.8 Å². The first-order valence-electron chi connectivity index (χ1n) is 5.98. The molecule has 1 aliphatic heterocycles. The Morgan fingerprint density at radius 2 is 2.06 bits per heavy atom. The van der Waals surface area contributed by atoms with Gasteiger partial charge in [-0.2, -0.15) is 0 Å². The number of ether oxygens (including phenoxy) is 2. The maximum atomic E-state index is 9.25. The molecule has 1 N–H and O–H groups in total. The molecule has 3 nitrogen and oxygen atoms in total. The molecule has 0 spiro atoms. The van der Waals surface area contributed by atoms with Crippen LogP contribution in [0.15, 0.2) is 12.7 Å². The normalized spacial score (nSPS) is 35.7. The van der Waals surface area contributed by atoms with Crippen LogP contribution < -0.4 is 0 Å². The van der Waals surface area contributed by atoms with Crippen LogP contribution in [0.5, 0.6) is 0 Å². The zero-order valence-corrected chi connectivity index (χ0v) is 10.8. The third-order valence-corrected chi connectivity index (χ3v) is 3.21. The van der Waals surface area contributed by atoms with Gasteiger partial charge in [0.15, 0.2) is 5.79 Å². The van der Waals surface area contributed by atoms with Crippen LogP contribution >= 0.6 is 0 Å². The smallest absolute Gasteiger partial charge is 0.163 e. The van der Waals surface area contributed by atoms with Crippen molar-refractivity contribution in [3.05, 3.63) is 12.7 Å². The van der Waals surface area contributed by atoms with Gasteiger partial charge in [-0.15, -0.1) is 6.58 Å². The number of hydrogen-bond acceptors (Lipinski definition) is 3. The topological polar surface area (TPSA) is 38.7 Å². The fraction of sp³-hybridized carbons (Fsp3) is 0.846. The molecule has 0 aromatic rings. The number of aliphatic hydroxyl groups is 1. The maximum absolute atomic E-state index is 9.25. The van der Waals surface area contributed by atoms with Crippen LogP contribution in [-0.4, -0.2) is 29.7 Å². The second-order valence-electron chi connectivity index (χ2n) is 5.18. The van der Waals surface area contributed by atoms with Gasteiger partial charge in [0, 0.05) is 18.4 Å². The summed E-state index contributed by atoms with van der Waals surface area (Å²) in [7, 11) is 0. The number of aliphatic hydroxyl groups excluding tert-OH is 1. The van der Waals surface area contributed by atoms with Crippen molar-refractivity contribution in [1.29, 1.82) is 0 Å². The van der Waals surface area contributed by atoms with Crippen LogP contribution in [0.25, 0.3) is 0 Å². The van der Waals surface area contributed by atoms with Gasteiger partial charge in [0.2, 0.25) is 0 Å². The molecular formula is C13H24O3. The van der Waals surface area contributed by atoms with E-state index in [2.05, 4.69) is 13.5 Å². The molecule has 1 aliphatic rings. The van der Waals surface area contributed by atoms with Crippen LogP contribution in [0.4, 0.5) is 0 Å². The van der Waals surface area contributed by atoms with Crippen LogP contribution in [0.2, 0.25) is 0 Å². The van der Waals surface area contributed by atoms with Gasteiger partial charge in [-0.05, 0) is 20.3 Å². The molecule has 0 saturated carbocycles. The second kappa shape index (κ2) is 5.30. The van der Waals surface area contributed by atoms with Crippen molar-refractivity contribution in [1.82, 2.24) is 0 Å². The number of hydrogen-bond donors (Lipinski definition) is 1.